The van der Waals surface area contributed by atoms with Crippen LogP contribution in [0.5, 0.6) is 0 Å². The number of aliphatic carboxylic acids is 4. The summed E-state index contributed by atoms with van der Waals surface area (Å²) in [6.45, 7) is 26.0. The van der Waals surface area contributed by atoms with E-state index in [0.717, 1.165) is 115 Å². The van der Waals surface area contributed by atoms with Crippen LogP contribution in [0.25, 0.3) is 0 Å². The van der Waals surface area contributed by atoms with Crippen molar-refractivity contribution in [2.24, 2.45) is 0 Å². The third kappa shape index (κ3) is 46.8. The van der Waals surface area contributed by atoms with E-state index in [0.29, 0.717) is 63.1 Å². The van der Waals surface area contributed by atoms with Crippen molar-refractivity contribution >= 4 is 106 Å². The lowest BCUT2D eigenvalue weighted by Crippen LogP contribution is -2.63. The summed E-state index contributed by atoms with van der Waals surface area (Å²) in [6.07, 6.45) is 18.0. The molecule has 0 aliphatic rings. The quantitative estimate of drug-likeness (QED) is 0.0325. The summed E-state index contributed by atoms with van der Waals surface area (Å²) in [5.41, 5.74) is 0. The van der Waals surface area contributed by atoms with E-state index in [4.69, 9.17) is 45.1 Å². The fraction of sp³-hybridized carbons (Fsp3) is 0.857. The van der Waals surface area contributed by atoms with Crippen molar-refractivity contribution < 1.29 is 83.5 Å². The Labute approximate surface area is 495 Å². The Morgan fingerprint density at radius 3 is 0.654 bits per heavy atom. The second-order valence-electron chi connectivity index (χ2n) is 25.6. The molecular formula is C56H112O18Si7. The molecule has 0 aliphatic carbocycles. The Hall–Kier alpha value is -2.16. The molecule has 18 nitrogen and oxygen atoms in total. The average Bonchev–Trinajstić information content (AvgIpc) is 3.30. The molecule has 81 heavy (non-hydrogen) atoms. The van der Waals surface area contributed by atoms with Gasteiger partial charge in [-0.15, -0.1) is 0 Å². The smallest absolute Gasteiger partial charge is 0.317 e. The molecule has 4 N–H and O–H groups in total. The molecule has 25 heteroatoms. The number of rotatable bonds is 56. The maximum Gasteiger partial charge on any atom is 0.317 e. The van der Waals surface area contributed by atoms with E-state index in [1.54, 1.807) is 0 Å². The Bertz CT molecular complexity index is 1900. The predicted molar refractivity (Wildman–Crippen MR) is 335 cm³/mol. The summed E-state index contributed by atoms with van der Waals surface area (Å²) >= 11 is 0. The molecule has 0 rings (SSSR count). The van der Waals surface area contributed by atoms with Crippen LogP contribution in [0.1, 0.15) is 205 Å². The summed E-state index contributed by atoms with van der Waals surface area (Å²) in [5.74, 6) is -3.98. The van der Waals surface area contributed by atoms with E-state index >= 15 is 0 Å². The van der Waals surface area contributed by atoms with Crippen LogP contribution in [0.15, 0.2) is 0 Å². The number of carboxylic acids is 4. The van der Waals surface area contributed by atoms with Gasteiger partial charge in [0.25, 0.3) is 0 Å². The number of Topliss-reactive ketones (excluding diaryl/α,β-unsaturated/α-hetero) is 4. The topological polar surface area (TPSA) is 273 Å². The Kier molecular flexibility index (Phi) is 39.9. The highest BCUT2D eigenvalue weighted by Crippen LogP contribution is 2.37. The summed E-state index contributed by atoms with van der Waals surface area (Å²) in [7, 11) is -19.5. The zero-order valence-corrected chi connectivity index (χ0v) is 59.5. The van der Waals surface area contributed by atoms with Gasteiger partial charge in [0.05, 0.1) is 25.7 Å². The molecule has 0 spiro atoms. The first-order valence-electron chi connectivity index (χ1n) is 30.6. The number of unbranched alkanes of at least 4 members (excludes halogenated alkanes) is 16. The first-order chi connectivity index (χ1) is 37.5. The molecule has 0 fully saturated rings. The zero-order valence-electron chi connectivity index (χ0n) is 52.5. The Morgan fingerprint density at radius 2 is 0.432 bits per heavy atom. The van der Waals surface area contributed by atoms with E-state index in [2.05, 4.69) is 78.6 Å². The van der Waals surface area contributed by atoms with Gasteiger partial charge in [-0.05, 0) is 128 Å². The minimum absolute atomic E-state index is 0.0183. The minimum atomic E-state index is -3.24. The number of ketones is 4. The molecule has 0 bridgehead atoms. The monoisotopic (exact) mass is 1270 g/mol. The zero-order chi connectivity index (χ0) is 61.8. The lowest BCUT2D eigenvalue weighted by molar-refractivity contribution is -0.139. The SMILES string of the molecule is C[Si](C)(C)O[Si](C)(C)O[Si](C)(CCCCCCCC(=O)CCC(=O)O)O[Si](C)(CCCCCCCC(=O)CCC(=O)O)O[Si](C)(CCCCCCCC(=O)CCC(=O)O)O[Si](C)(CCCCCCCC(=O)CCC(=O)O)O[Si](C)(C)C. The van der Waals surface area contributed by atoms with Crippen LogP contribution < -0.4 is 0 Å². The van der Waals surface area contributed by atoms with E-state index < -0.39 is 83.3 Å². The maximum absolute atomic E-state index is 12.4. The van der Waals surface area contributed by atoms with E-state index in [1.165, 1.54) is 0 Å². The van der Waals surface area contributed by atoms with E-state index in [1.807, 2.05) is 0 Å². The molecule has 0 saturated carbocycles. The van der Waals surface area contributed by atoms with Gasteiger partial charge >= 0.3 is 66.7 Å². The fourth-order valence-electron chi connectivity index (χ4n) is 10.5. The number of hydrogen-bond acceptors (Lipinski definition) is 14. The third-order valence-corrected chi connectivity index (χ3v) is 41.3. The van der Waals surface area contributed by atoms with Crippen LogP contribution in [0.2, 0.25) is 103 Å². The van der Waals surface area contributed by atoms with Crippen LogP contribution in [0, 0.1) is 0 Å². The number of carbonyl (C=O) groups is 8. The molecule has 0 aromatic carbocycles. The summed E-state index contributed by atoms with van der Waals surface area (Å²) in [4.78, 5) is 93.2. The van der Waals surface area contributed by atoms with Crippen molar-refractivity contribution in [2.45, 2.75) is 308 Å². The molecule has 0 heterocycles. The number of hydrogen-bond donors (Lipinski definition) is 4. The first kappa shape index (κ1) is 78.8. The maximum atomic E-state index is 12.4. The van der Waals surface area contributed by atoms with Gasteiger partial charge < -0.3 is 45.1 Å². The summed E-state index contributed by atoms with van der Waals surface area (Å²) in [5, 5.41) is 36.1. The fourth-order valence-corrected chi connectivity index (χ4v) is 46.2. The lowest BCUT2D eigenvalue weighted by atomic mass is 10.1. The van der Waals surface area contributed by atoms with Gasteiger partial charge in [-0.1, -0.05) is 103 Å². The van der Waals surface area contributed by atoms with Gasteiger partial charge in [0.2, 0.25) is 0 Å². The molecule has 0 aliphatic heterocycles. The highest BCUT2D eigenvalue weighted by Gasteiger charge is 2.53. The summed E-state index contributed by atoms with van der Waals surface area (Å²) in [6, 6.07) is 2.83. The third-order valence-electron chi connectivity index (χ3n) is 13.6. The van der Waals surface area contributed by atoms with Crippen molar-refractivity contribution in [2.75, 3.05) is 0 Å². The van der Waals surface area contributed by atoms with Gasteiger partial charge in [0, 0.05) is 51.4 Å². The molecule has 472 valence electrons. The van der Waals surface area contributed by atoms with Crippen molar-refractivity contribution in [3.8, 4) is 0 Å². The normalized spacial score (nSPS) is 15.3. The standard InChI is InChI=1S/C56H112O18Si7/c1-75(2,3)69-77(7,8)71-79(10,46-30-22-14-18-26-34-50(58)38-42-54(63)64)73-81(12,48-32-24-16-20-28-36-52(60)40-44-56(67)68)74-80(11,47-31-23-15-19-27-35-51(59)39-43-55(65)66)72-78(9,70-76(4,5)6)45-29-21-13-17-25-33-49(57)37-41-53(61)62/h13-48H2,1-12H3,(H,61,62)(H,63,64)(H,65,66)(H,67,68). The lowest BCUT2D eigenvalue weighted by Gasteiger charge is -2.47. The number of carboxylic acid groups (broad SMARTS) is 4. The van der Waals surface area contributed by atoms with E-state index in [9.17, 15) is 38.4 Å². The highest BCUT2D eigenvalue weighted by molar-refractivity contribution is 6.92. The highest BCUT2D eigenvalue weighted by atomic mass is 28.5. The first-order valence-corrected chi connectivity index (χ1v) is 50.4. The second kappa shape index (κ2) is 41.0. The van der Waals surface area contributed by atoms with Crippen molar-refractivity contribution in [1.82, 2.24) is 0 Å². The van der Waals surface area contributed by atoms with Crippen LogP contribution in [-0.4, -0.2) is 127 Å². The average molecular weight is 1270 g/mol. The largest absolute Gasteiger partial charge is 0.481 e. The molecule has 0 aromatic rings. The molecule has 0 aromatic heterocycles. The van der Waals surface area contributed by atoms with Crippen LogP contribution in [0.3, 0.4) is 0 Å². The van der Waals surface area contributed by atoms with Crippen LogP contribution in [-0.2, 0) is 63.0 Å². The number of carbonyl (C=O) groups excluding carboxylic acids is 4. The van der Waals surface area contributed by atoms with E-state index in [-0.39, 0.29) is 74.5 Å². The predicted octanol–water partition coefficient (Wildman–Crippen LogP) is 14.8. The molecule has 0 radical (unpaired) electrons. The van der Waals surface area contributed by atoms with Gasteiger partial charge in [-0.3, -0.25) is 38.4 Å². The molecule has 4 unspecified atom stereocenters. The molecule has 0 amide bonds. The summed E-state index contributed by atoms with van der Waals surface area (Å²) < 4.78 is 44.6. The molecule has 4 atom stereocenters. The molecular weight excluding hydrogens is 1160 g/mol. The van der Waals surface area contributed by atoms with Crippen molar-refractivity contribution in [3.05, 3.63) is 0 Å². The molecule has 0 saturated heterocycles. The van der Waals surface area contributed by atoms with Gasteiger partial charge in [-0.2, -0.15) is 0 Å². The minimum Gasteiger partial charge on any atom is -0.481 e. The Balaban J connectivity index is 7.07. The van der Waals surface area contributed by atoms with Crippen molar-refractivity contribution in [1.29, 1.82) is 0 Å². The second-order valence-corrected chi connectivity index (χ2v) is 52.8. The van der Waals surface area contributed by atoms with Gasteiger partial charge in [0.1, 0.15) is 23.1 Å². The van der Waals surface area contributed by atoms with Gasteiger partial charge in [-0.25, -0.2) is 0 Å². The van der Waals surface area contributed by atoms with Crippen LogP contribution >= 0.6 is 0 Å². The van der Waals surface area contributed by atoms with Crippen molar-refractivity contribution in [3.63, 3.8) is 0 Å². The van der Waals surface area contributed by atoms with Crippen LogP contribution in [0.4, 0.5) is 0 Å². The van der Waals surface area contributed by atoms with Gasteiger partial charge in [0.15, 0.2) is 16.6 Å². The Morgan fingerprint density at radius 1 is 0.235 bits per heavy atom.